The second-order valence-electron chi connectivity index (χ2n) is 5.86. The van der Waals surface area contributed by atoms with E-state index in [1.54, 1.807) is 7.05 Å². The molecular formula is C14H25N5O. The van der Waals surface area contributed by atoms with Crippen molar-refractivity contribution < 1.29 is 4.79 Å². The van der Waals surface area contributed by atoms with E-state index in [0.717, 1.165) is 43.1 Å². The fourth-order valence-corrected chi connectivity index (χ4v) is 2.91. The zero-order valence-electron chi connectivity index (χ0n) is 12.9. The number of nitrogens with two attached hydrogens (primary N) is 1. The summed E-state index contributed by atoms with van der Waals surface area (Å²) in [6.07, 6.45) is 1.84. The number of aromatic nitrogens is 2. The Morgan fingerprint density at radius 1 is 1.55 bits per heavy atom. The molecule has 0 spiro atoms. The first-order chi connectivity index (χ1) is 9.42. The third kappa shape index (κ3) is 2.34. The standard InChI is InChI=1S/C14H25N5O/c1-5-7-19-12(11(15)10(2)17-19)18-8-6-14(3,9-18)13(20)16-4/h5-9,15H2,1-4H3,(H,16,20). The van der Waals surface area contributed by atoms with Gasteiger partial charge in [0.1, 0.15) is 0 Å². The van der Waals surface area contributed by atoms with E-state index >= 15 is 0 Å². The van der Waals surface area contributed by atoms with Crippen molar-refractivity contribution in [2.75, 3.05) is 30.8 Å². The maximum atomic E-state index is 12.0. The maximum Gasteiger partial charge on any atom is 0.227 e. The summed E-state index contributed by atoms with van der Waals surface area (Å²) in [6.45, 7) is 8.43. The van der Waals surface area contributed by atoms with E-state index in [1.807, 2.05) is 18.5 Å². The van der Waals surface area contributed by atoms with Crippen LogP contribution >= 0.6 is 0 Å². The Morgan fingerprint density at radius 2 is 2.25 bits per heavy atom. The van der Waals surface area contributed by atoms with Crippen LogP contribution in [-0.4, -0.2) is 35.8 Å². The molecule has 6 nitrogen and oxygen atoms in total. The maximum absolute atomic E-state index is 12.0. The van der Waals surface area contributed by atoms with Crippen molar-refractivity contribution in [3.05, 3.63) is 5.69 Å². The first kappa shape index (κ1) is 14.7. The van der Waals surface area contributed by atoms with Crippen molar-refractivity contribution in [2.45, 2.75) is 40.2 Å². The van der Waals surface area contributed by atoms with Gasteiger partial charge in [0.2, 0.25) is 5.91 Å². The molecule has 20 heavy (non-hydrogen) atoms. The number of carbonyl (C=O) groups excluding carboxylic acids is 1. The van der Waals surface area contributed by atoms with Gasteiger partial charge in [0, 0.05) is 26.7 Å². The van der Waals surface area contributed by atoms with E-state index in [4.69, 9.17) is 5.73 Å². The van der Waals surface area contributed by atoms with E-state index in [-0.39, 0.29) is 11.3 Å². The highest BCUT2D eigenvalue weighted by Gasteiger charge is 2.41. The molecule has 1 aromatic rings. The normalized spacial score (nSPS) is 22.3. The van der Waals surface area contributed by atoms with Crippen LogP contribution in [0.4, 0.5) is 11.5 Å². The molecule has 2 rings (SSSR count). The van der Waals surface area contributed by atoms with Gasteiger partial charge >= 0.3 is 0 Å². The molecule has 1 unspecified atom stereocenters. The van der Waals surface area contributed by atoms with Crippen LogP contribution in [-0.2, 0) is 11.3 Å². The van der Waals surface area contributed by atoms with E-state index < -0.39 is 0 Å². The Labute approximate surface area is 120 Å². The number of nitrogens with one attached hydrogen (secondary N) is 1. The summed E-state index contributed by atoms with van der Waals surface area (Å²) in [7, 11) is 1.69. The number of rotatable bonds is 4. The zero-order valence-corrected chi connectivity index (χ0v) is 12.9. The van der Waals surface area contributed by atoms with Gasteiger partial charge in [-0.05, 0) is 26.7 Å². The summed E-state index contributed by atoms with van der Waals surface area (Å²) in [6, 6.07) is 0. The van der Waals surface area contributed by atoms with Gasteiger partial charge < -0.3 is 16.0 Å². The fraction of sp³-hybridized carbons (Fsp3) is 0.714. The molecule has 0 radical (unpaired) electrons. The molecule has 1 aliphatic rings. The molecule has 1 saturated heterocycles. The zero-order chi connectivity index (χ0) is 14.9. The number of hydrogen-bond donors (Lipinski definition) is 2. The Hall–Kier alpha value is -1.72. The third-order valence-electron chi connectivity index (χ3n) is 4.13. The molecule has 1 fully saturated rings. The number of anilines is 2. The van der Waals surface area contributed by atoms with Gasteiger partial charge in [-0.1, -0.05) is 6.92 Å². The second kappa shape index (κ2) is 5.34. The van der Waals surface area contributed by atoms with Gasteiger partial charge in [0.25, 0.3) is 0 Å². The molecule has 0 aliphatic carbocycles. The first-order valence-corrected chi connectivity index (χ1v) is 7.23. The number of carbonyl (C=O) groups is 1. The molecule has 3 N–H and O–H groups in total. The first-order valence-electron chi connectivity index (χ1n) is 7.23. The van der Waals surface area contributed by atoms with Crippen LogP contribution in [0, 0.1) is 12.3 Å². The minimum Gasteiger partial charge on any atom is -0.394 e. The van der Waals surface area contributed by atoms with Crippen molar-refractivity contribution in [1.82, 2.24) is 15.1 Å². The highest BCUT2D eigenvalue weighted by atomic mass is 16.2. The van der Waals surface area contributed by atoms with Gasteiger partial charge in [0.15, 0.2) is 5.82 Å². The summed E-state index contributed by atoms with van der Waals surface area (Å²) in [5, 5.41) is 7.27. The molecular weight excluding hydrogens is 254 g/mol. The number of amides is 1. The SMILES string of the molecule is CCCn1nc(C)c(N)c1N1CCC(C)(C(=O)NC)C1. The van der Waals surface area contributed by atoms with Crippen molar-refractivity contribution in [2.24, 2.45) is 5.41 Å². The highest BCUT2D eigenvalue weighted by molar-refractivity contribution is 5.84. The highest BCUT2D eigenvalue weighted by Crippen LogP contribution is 2.36. The molecule has 1 amide bonds. The lowest BCUT2D eigenvalue weighted by atomic mass is 9.89. The van der Waals surface area contributed by atoms with Crippen LogP contribution in [0.3, 0.4) is 0 Å². The average Bonchev–Trinajstić information content (AvgIpc) is 2.92. The molecule has 0 bridgehead atoms. The minimum atomic E-state index is -0.351. The average molecular weight is 279 g/mol. The molecule has 112 valence electrons. The molecule has 1 aromatic heterocycles. The minimum absolute atomic E-state index is 0.0943. The third-order valence-corrected chi connectivity index (χ3v) is 4.13. The largest absolute Gasteiger partial charge is 0.394 e. The second-order valence-corrected chi connectivity index (χ2v) is 5.86. The van der Waals surface area contributed by atoms with Crippen molar-refractivity contribution in [3.8, 4) is 0 Å². The number of nitrogen functional groups attached to an aromatic ring is 1. The van der Waals surface area contributed by atoms with Crippen LogP contribution in [0.2, 0.25) is 0 Å². The smallest absolute Gasteiger partial charge is 0.227 e. The van der Waals surface area contributed by atoms with Gasteiger partial charge in [0.05, 0.1) is 16.8 Å². The van der Waals surface area contributed by atoms with E-state index in [9.17, 15) is 4.79 Å². The summed E-state index contributed by atoms with van der Waals surface area (Å²) in [5.41, 5.74) is 7.43. The molecule has 0 aromatic carbocycles. The lowest BCUT2D eigenvalue weighted by Gasteiger charge is -2.24. The summed E-state index contributed by atoms with van der Waals surface area (Å²) >= 11 is 0. The number of nitrogens with zero attached hydrogens (tertiary/aromatic N) is 3. The Balaban J connectivity index is 2.28. The quantitative estimate of drug-likeness (QED) is 0.866. The monoisotopic (exact) mass is 279 g/mol. The fourth-order valence-electron chi connectivity index (χ4n) is 2.91. The van der Waals surface area contributed by atoms with Gasteiger partial charge in [-0.15, -0.1) is 0 Å². The summed E-state index contributed by atoms with van der Waals surface area (Å²) in [4.78, 5) is 14.2. The number of aryl methyl sites for hydroxylation is 2. The molecule has 1 atom stereocenters. The topological polar surface area (TPSA) is 76.2 Å². The van der Waals surface area contributed by atoms with Gasteiger partial charge in [-0.2, -0.15) is 5.10 Å². The van der Waals surface area contributed by atoms with Gasteiger partial charge in [-0.3, -0.25) is 4.79 Å². The molecule has 6 heteroatoms. The van der Waals surface area contributed by atoms with Crippen LogP contribution in [0.5, 0.6) is 0 Å². The van der Waals surface area contributed by atoms with Crippen molar-refractivity contribution >= 4 is 17.4 Å². The Kier molecular flexibility index (Phi) is 3.92. The molecule has 2 heterocycles. The van der Waals surface area contributed by atoms with Crippen LogP contribution in [0.15, 0.2) is 0 Å². The summed E-state index contributed by atoms with van der Waals surface area (Å²) in [5.74, 6) is 1.06. The van der Waals surface area contributed by atoms with Gasteiger partial charge in [-0.25, -0.2) is 4.68 Å². The molecule has 0 saturated carbocycles. The lowest BCUT2D eigenvalue weighted by Crippen LogP contribution is -2.39. The van der Waals surface area contributed by atoms with E-state index in [2.05, 4.69) is 22.2 Å². The Bertz CT molecular complexity index is 510. The Morgan fingerprint density at radius 3 is 2.85 bits per heavy atom. The summed E-state index contributed by atoms with van der Waals surface area (Å²) < 4.78 is 1.97. The van der Waals surface area contributed by atoms with Crippen LogP contribution in [0.1, 0.15) is 32.4 Å². The lowest BCUT2D eigenvalue weighted by molar-refractivity contribution is -0.128. The van der Waals surface area contributed by atoms with Crippen LogP contribution in [0.25, 0.3) is 0 Å². The molecule has 1 aliphatic heterocycles. The predicted molar refractivity (Wildman–Crippen MR) is 80.7 cm³/mol. The van der Waals surface area contributed by atoms with Crippen molar-refractivity contribution in [1.29, 1.82) is 0 Å². The predicted octanol–water partition coefficient (Wildman–Crippen LogP) is 1.15. The van der Waals surface area contributed by atoms with Crippen molar-refractivity contribution in [3.63, 3.8) is 0 Å². The van der Waals surface area contributed by atoms with E-state index in [1.165, 1.54) is 0 Å². The number of hydrogen-bond acceptors (Lipinski definition) is 4. The van der Waals surface area contributed by atoms with E-state index in [0.29, 0.717) is 6.54 Å². The van der Waals surface area contributed by atoms with Crippen LogP contribution < -0.4 is 16.0 Å².